The van der Waals surface area contributed by atoms with E-state index in [1.165, 1.54) is 19.3 Å². The van der Waals surface area contributed by atoms with Crippen LogP contribution in [0.2, 0.25) is 0 Å². The molecule has 0 saturated carbocycles. The summed E-state index contributed by atoms with van der Waals surface area (Å²) in [6.45, 7) is 4.42. The van der Waals surface area contributed by atoms with Crippen molar-refractivity contribution in [3.63, 3.8) is 0 Å². The van der Waals surface area contributed by atoms with E-state index in [1.807, 2.05) is 0 Å². The van der Waals surface area contributed by atoms with E-state index in [4.69, 9.17) is 0 Å². The van der Waals surface area contributed by atoms with Gasteiger partial charge in [-0.05, 0) is 0 Å². The van der Waals surface area contributed by atoms with E-state index in [0.29, 0.717) is 5.54 Å². The average molecular weight is 203 g/mol. The Labute approximate surface area is 76.4 Å². The lowest BCUT2D eigenvalue weighted by atomic mass is 10.3. The van der Waals surface area contributed by atoms with Gasteiger partial charge in [0.2, 0.25) is 0 Å². The van der Waals surface area contributed by atoms with Gasteiger partial charge in [0.1, 0.15) is 0 Å². The molecule has 0 N–H and O–H groups in total. The molecule has 0 aromatic heterocycles. The van der Waals surface area contributed by atoms with Gasteiger partial charge in [0, 0.05) is 11.6 Å². The van der Waals surface area contributed by atoms with E-state index in [-0.39, 0.29) is 6.08 Å². The van der Waals surface area contributed by atoms with E-state index in [1.54, 1.807) is 0 Å². The summed E-state index contributed by atoms with van der Waals surface area (Å²) < 4.78 is 32.7. The van der Waals surface area contributed by atoms with Gasteiger partial charge in [-0.25, -0.2) is 0 Å². The van der Waals surface area contributed by atoms with Gasteiger partial charge in [0.25, 0.3) is 0 Å². The van der Waals surface area contributed by atoms with Crippen LogP contribution in [0.4, 0.5) is 13.2 Å². The first kappa shape index (κ1) is 14.3. The zero-order valence-electron chi connectivity index (χ0n) is 7.29. The SMILES string of the molecule is CCCCC.FC(F)(F)C=CCl. The molecule has 0 atom stereocenters. The molecule has 0 heterocycles. The lowest BCUT2D eigenvalue weighted by Crippen LogP contribution is -1.99. The molecule has 4 heteroatoms. The molecule has 0 amide bonds. The monoisotopic (exact) mass is 202 g/mol. The number of halogens is 4. The number of hydrogen-bond donors (Lipinski definition) is 0. The number of rotatable bonds is 2. The van der Waals surface area contributed by atoms with Crippen LogP contribution in [0.1, 0.15) is 33.1 Å². The topological polar surface area (TPSA) is 0 Å². The molecule has 0 aliphatic heterocycles. The number of unbranched alkanes of at least 4 members (excludes halogenated alkanes) is 2. The average Bonchev–Trinajstić information content (AvgIpc) is 1.87. The number of alkyl halides is 3. The van der Waals surface area contributed by atoms with Gasteiger partial charge in [0.05, 0.1) is 0 Å². The highest BCUT2D eigenvalue weighted by Gasteiger charge is 2.21. The Hall–Kier alpha value is -0.180. The Balaban J connectivity index is 0. The second-order valence-electron chi connectivity index (χ2n) is 2.19. The first-order valence-corrected chi connectivity index (χ1v) is 4.26. The number of allylic oxidation sites excluding steroid dienone is 1. The maximum absolute atomic E-state index is 10.9. The van der Waals surface area contributed by atoms with Crippen molar-refractivity contribution in [2.24, 2.45) is 0 Å². The van der Waals surface area contributed by atoms with Crippen molar-refractivity contribution in [2.75, 3.05) is 0 Å². The smallest absolute Gasteiger partial charge is 0.167 e. The highest BCUT2D eigenvalue weighted by molar-refractivity contribution is 6.25. The molecule has 0 unspecified atom stereocenters. The normalized spacial score (nSPS) is 11.2. The summed E-state index contributed by atoms with van der Waals surface area (Å²) >= 11 is 4.59. The van der Waals surface area contributed by atoms with Crippen LogP contribution in [0.15, 0.2) is 11.6 Å². The van der Waals surface area contributed by atoms with Crippen LogP contribution in [0.3, 0.4) is 0 Å². The van der Waals surface area contributed by atoms with Crippen LogP contribution >= 0.6 is 11.6 Å². The molecule has 0 aromatic carbocycles. The summed E-state index contributed by atoms with van der Waals surface area (Å²) in [7, 11) is 0. The molecule has 0 nitrogen and oxygen atoms in total. The molecular weight excluding hydrogens is 189 g/mol. The van der Waals surface area contributed by atoms with E-state index < -0.39 is 6.18 Å². The van der Waals surface area contributed by atoms with Crippen LogP contribution in [-0.4, -0.2) is 6.18 Å². The Morgan fingerprint density at radius 1 is 1.17 bits per heavy atom. The zero-order valence-corrected chi connectivity index (χ0v) is 8.04. The molecular formula is C8H14ClF3. The second-order valence-corrected chi connectivity index (χ2v) is 2.44. The van der Waals surface area contributed by atoms with E-state index in [9.17, 15) is 13.2 Å². The molecule has 0 bridgehead atoms. The second kappa shape index (κ2) is 8.91. The highest BCUT2D eigenvalue weighted by Crippen LogP contribution is 2.15. The molecule has 0 aliphatic rings. The van der Waals surface area contributed by atoms with Gasteiger partial charge in [-0.3, -0.25) is 0 Å². The fourth-order valence-corrected chi connectivity index (χ4v) is 0.568. The minimum absolute atomic E-state index is 0.0471. The molecule has 12 heavy (non-hydrogen) atoms. The summed E-state index contributed by atoms with van der Waals surface area (Å²) in [5.41, 5.74) is 0.431. The highest BCUT2D eigenvalue weighted by atomic mass is 35.5. The van der Waals surface area contributed by atoms with Crippen molar-refractivity contribution in [1.82, 2.24) is 0 Å². The first-order valence-electron chi connectivity index (χ1n) is 3.82. The van der Waals surface area contributed by atoms with Gasteiger partial charge in [-0.2, -0.15) is 13.2 Å². The maximum atomic E-state index is 10.9. The summed E-state index contributed by atoms with van der Waals surface area (Å²) in [6.07, 6.45) is -0.233. The summed E-state index contributed by atoms with van der Waals surface area (Å²) in [5.74, 6) is 0. The molecule has 0 radical (unpaired) electrons. The van der Waals surface area contributed by atoms with Crippen LogP contribution in [0.5, 0.6) is 0 Å². The Kier molecular flexibility index (Phi) is 10.7. The van der Waals surface area contributed by atoms with E-state index >= 15 is 0 Å². The van der Waals surface area contributed by atoms with Gasteiger partial charge in [-0.15, -0.1) is 0 Å². The van der Waals surface area contributed by atoms with Crippen molar-refractivity contribution in [3.8, 4) is 0 Å². The standard InChI is InChI=1S/C5H12.C3H2ClF3/c1-3-5-4-2;4-2-1-3(5,6)7/h3-5H2,1-2H3;1-2H. The third-order valence-electron chi connectivity index (χ3n) is 0.959. The molecule has 0 aromatic rings. The third-order valence-corrected chi connectivity index (χ3v) is 1.09. The van der Waals surface area contributed by atoms with Gasteiger partial charge < -0.3 is 0 Å². The minimum atomic E-state index is -4.26. The Bertz CT molecular complexity index is 105. The Morgan fingerprint density at radius 3 is 1.58 bits per heavy atom. The quantitative estimate of drug-likeness (QED) is 0.619. The molecule has 0 saturated heterocycles. The lowest BCUT2D eigenvalue weighted by molar-refractivity contribution is -0.0796. The molecule has 0 rings (SSSR count). The van der Waals surface area contributed by atoms with Crippen molar-refractivity contribution in [3.05, 3.63) is 11.6 Å². The molecule has 0 fully saturated rings. The Morgan fingerprint density at radius 2 is 1.58 bits per heavy atom. The first-order chi connectivity index (χ1) is 5.47. The fraction of sp³-hybridized carbons (Fsp3) is 0.750. The molecule has 0 aliphatic carbocycles. The summed E-state index contributed by atoms with van der Waals surface area (Å²) in [6, 6.07) is 0. The predicted octanol–water partition coefficient (Wildman–Crippen LogP) is 4.50. The van der Waals surface area contributed by atoms with Crippen molar-refractivity contribution >= 4 is 11.6 Å². The molecule has 0 spiro atoms. The predicted molar refractivity (Wildman–Crippen MR) is 46.2 cm³/mol. The largest absolute Gasteiger partial charge is 0.410 e. The van der Waals surface area contributed by atoms with Crippen molar-refractivity contribution < 1.29 is 13.2 Å². The van der Waals surface area contributed by atoms with Crippen LogP contribution < -0.4 is 0 Å². The van der Waals surface area contributed by atoms with Crippen molar-refractivity contribution in [1.29, 1.82) is 0 Å². The minimum Gasteiger partial charge on any atom is -0.167 e. The summed E-state index contributed by atoms with van der Waals surface area (Å²) in [5, 5.41) is 0. The van der Waals surface area contributed by atoms with Crippen LogP contribution in [-0.2, 0) is 0 Å². The van der Waals surface area contributed by atoms with Gasteiger partial charge in [-0.1, -0.05) is 44.7 Å². The van der Waals surface area contributed by atoms with E-state index in [2.05, 4.69) is 25.4 Å². The lowest BCUT2D eigenvalue weighted by Gasteiger charge is -1.92. The maximum Gasteiger partial charge on any atom is 0.410 e. The summed E-state index contributed by atoms with van der Waals surface area (Å²) in [4.78, 5) is 0. The van der Waals surface area contributed by atoms with Gasteiger partial charge >= 0.3 is 6.18 Å². The third kappa shape index (κ3) is 22.6. The van der Waals surface area contributed by atoms with Crippen LogP contribution in [0, 0.1) is 0 Å². The fourth-order valence-electron chi connectivity index (χ4n) is 0.425. The van der Waals surface area contributed by atoms with E-state index in [0.717, 1.165) is 0 Å². The number of hydrogen-bond acceptors (Lipinski definition) is 0. The molecule has 74 valence electrons. The zero-order chi connectivity index (χ0) is 10.0. The van der Waals surface area contributed by atoms with Crippen LogP contribution in [0.25, 0.3) is 0 Å². The van der Waals surface area contributed by atoms with Gasteiger partial charge in [0.15, 0.2) is 0 Å². The van der Waals surface area contributed by atoms with Crippen molar-refractivity contribution in [2.45, 2.75) is 39.3 Å².